The van der Waals surface area contributed by atoms with Gasteiger partial charge >= 0.3 is 0 Å². The van der Waals surface area contributed by atoms with Crippen LogP contribution in [0.4, 0.5) is 5.69 Å². The highest BCUT2D eigenvalue weighted by Gasteiger charge is 1.89. The minimum absolute atomic E-state index is 0.771. The summed E-state index contributed by atoms with van der Waals surface area (Å²) < 4.78 is 1.80. The molecular formula is C9H11IN2. The second kappa shape index (κ2) is 5.13. The minimum atomic E-state index is 0.771. The van der Waals surface area contributed by atoms with Gasteiger partial charge in [-0.3, -0.25) is 4.99 Å². The SMILES string of the molecule is CNc1ccc(CN=CI)cc1. The summed E-state index contributed by atoms with van der Waals surface area (Å²) in [4.78, 5) is 4.14. The molecule has 0 heterocycles. The molecule has 0 bridgehead atoms. The fourth-order valence-corrected chi connectivity index (χ4v) is 1.11. The molecule has 0 aliphatic rings. The lowest BCUT2D eigenvalue weighted by molar-refractivity contribution is 1.08. The number of hydrogen-bond donors (Lipinski definition) is 1. The first-order valence-corrected chi connectivity index (χ1v) is 4.96. The summed E-state index contributed by atoms with van der Waals surface area (Å²) in [5, 5.41) is 3.07. The van der Waals surface area contributed by atoms with Crippen LogP contribution in [0.3, 0.4) is 0 Å². The van der Waals surface area contributed by atoms with Crippen molar-refractivity contribution in [2.24, 2.45) is 4.99 Å². The van der Waals surface area contributed by atoms with E-state index in [-0.39, 0.29) is 0 Å². The van der Waals surface area contributed by atoms with E-state index in [1.54, 1.807) is 4.22 Å². The molecule has 0 atom stereocenters. The molecule has 12 heavy (non-hydrogen) atoms. The predicted molar refractivity (Wildman–Crippen MR) is 62.2 cm³/mol. The number of nitrogens with zero attached hydrogens (tertiary/aromatic N) is 1. The smallest absolute Gasteiger partial charge is 0.0645 e. The molecule has 1 aromatic carbocycles. The van der Waals surface area contributed by atoms with E-state index in [1.807, 2.05) is 7.05 Å². The van der Waals surface area contributed by atoms with Gasteiger partial charge in [0.05, 0.1) is 10.8 Å². The summed E-state index contributed by atoms with van der Waals surface area (Å²) in [6.07, 6.45) is 0. The third-order valence-electron chi connectivity index (χ3n) is 1.59. The highest BCUT2D eigenvalue weighted by Crippen LogP contribution is 2.09. The van der Waals surface area contributed by atoms with Crippen LogP contribution in [-0.4, -0.2) is 11.3 Å². The summed E-state index contributed by atoms with van der Waals surface area (Å²) >= 11 is 2.12. The zero-order valence-electron chi connectivity index (χ0n) is 6.92. The minimum Gasteiger partial charge on any atom is -0.388 e. The maximum Gasteiger partial charge on any atom is 0.0645 e. The lowest BCUT2D eigenvalue weighted by Crippen LogP contribution is -1.87. The predicted octanol–water partition coefficient (Wildman–Crippen LogP) is 2.69. The number of halogens is 1. The molecular weight excluding hydrogens is 263 g/mol. The summed E-state index contributed by atoms with van der Waals surface area (Å²) in [5.74, 6) is 0. The van der Waals surface area contributed by atoms with Crippen LogP contribution in [0.5, 0.6) is 0 Å². The van der Waals surface area contributed by atoms with Crippen LogP contribution in [0.1, 0.15) is 5.56 Å². The molecule has 0 amide bonds. The number of rotatable bonds is 3. The van der Waals surface area contributed by atoms with Gasteiger partial charge in [-0.15, -0.1) is 0 Å². The Morgan fingerprint density at radius 1 is 1.42 bits per heavy atom. The number of nitrogens with one attached hydrogen (secondary N) is 1. The van der Waals surface area contributed by atoms with E-state index in [0.717, 1.165) is 12.2 Å². The molecule has 1 aromatic rings. The van der Waals surface area contributed by atoms with Gasteiger partial charge in [0, 0.05) is 12.7 Å². The van der Waals surface area contributed by atoms with Gasteiger partial charge in [0.25, 0.3) is 0 Å². The number of aliphatic imine (C=N–C) groups is 1. The van der Waals surface area contributed by atoms with Crippen molar-refractivity contribution in [1.29, 1.82) is 0 Å². The largest absolute Gasteiger partial charge is 0.388 e. The first-order valence-electron chi connectivity index (χ1n) is 3.72. The molecule has 1 rings (SSSR count). The van der Waals surface area contributed by atoms with Crippen LogP contribution in [-0.2, 0) is 6.54 Å². The Hall–Kier alpha value is -0.580. The summed E-state index contributed by atoms with van der Waals surface area (Å²) in [5.41, 5.74) is 2.37. The fourth-order valence-electron chi connectivity index (χ4n) is 0.917. The summed E-state index contributed by atoms with van der Waals surface area (Å²) in [6, 6.07) is 8.26. The molecule has 0 spiro atoms. The van der Waals surface area contributed by atoms with Crippen LogP contribution < -0.4 is 5.32 Å². The van der Waals surface area contributed by atoms with Crippen molar-refractivity contribution in [1.82, 2.24) is 0 Å². The Labute approximate surface area is 86.2 Å². The number of hydrogen-bond acceptors (Lipinski definition) is 2. The average molecular weight is 274 g/mol. The second-order valence-electron chi connectivity index (χ2n) is 2.39. The first kappa shape index (κ1) is 9.51. The van der Waals surface area contributed by atoms with Crippen LogP contribution >= 0.6 is 22.6 Å². The molecule has 0 aliphatic carbocycles. The van der Waals surface area contributed by atoms with Gasteiger partial charge in [0.15, 0.2) is 0 Å². The van der Waals surface area contributed by atoms with Crippen molar-refractivity contribution in [2.45, 2.75) is 6.54 Å². The van der Waals surface area contributed by atoms with Crippen molar-refractivity contribution in [3.8, 4) is 0 Å². The molecule has 2 nitrogen and oxygen atoms in total. The van der Waals surface area contributed by atoms with Crippen LogP contribution in [0, 0.1) is 0 Å². The lowest BCUT2D eigenvalue weighted by atomic mass is 10.2. The van der Waals surface area contributed by atoms with E-state index in [1.165, 1.54) is 5.56 Å². The molecule has 0 saturated heterocycles. The third-order valence-corrected chi connectivity index (χ3v) is 1.98. The molecule has 1 N–H and O–H groups in total. The standard InChI is InChI=1S/C9H11IN2/c1-11-9-4-2-8(3-5-9)6-12-7-10/h2-5,7,11H,6H2,1H3. The van der Waals surface area contributed by atoms with Crippen LogP contribution in [0.2, 0.25) is 0 Å². The first-order chi connectivity index (χ1) is 5.86. The van der Waals surface area contributed by atoms with E-state index in [0.29, 0.717) is 0 Å². The monoisotopic (exact) mass is 274 g/mol. The van der Waals surface area contributed by atoms with Crippen LogP contribution in [0.15, 0.2) is 29.3 Å². The van der Waals surface area contributed by atoms with E-state index in [2.05, 4.69) is 57.2 Å². The van der Waals surface area contributed by atoms with E-state index in [4.69, 9.17) is 0 Å². The highest BCUT2D eigenvalue weighted by molar-refractivity contribution is 14.1. The zero-order valence-corrected chi connectivity index (χ0v) is 9.08. The van der Waals surface area contributed by atoms with Gasteiger partial charge in [-0.25, -0.2) is 0 Å². The maximum absolute atomic E-state index is 4.14. The molecule has 0 radical (unpaired) electrons. The van der Waals surface area contributed by atoms with Crippen molar-refractivity contribution < 1.29 is 0 Å². The van der Waals surface area contributed by atoms with Gasteiger partial charge in [-0.2, -0.15) is 0 Å². The number of benzene rings is 1. The van der Waals surface area contributed by atoms with Crippen molar-refractivity contribution in [3.05, 3.63) is 29.8 Å². The van der Waals surface area contributed by atoms with Crippen LogP contribution in [0.25, 0.3) is 0 Å². The molecule has 64 valence electrons. The highest BCUT2D eigenvalue weighted by atomic mass is 127. The molecule has 3 heteroatoms. The van der Waals surface area contributed by atoms with E-state index in [9.17, 15) is 0 Å². The lowest BCUT2D eigenvalue weighted by Gasteiger charge is -2.00. The molecule has 0 fully saturated rings. The molecule has 0 aliphatic heterocycles. The summed E-state index contributed by atoms with van der Waals surface area (Å²) in [7, 11) is 1.91. The molecule has 0 saturated carbocycles. The Kier molecular flexibility index (Phi) is 4.07. The fraction of sp³-hybridized carbons (Fsp3) is 0.222. The average Bonchev–Trinajstić information content (AvgIpc) is 2.15. The topological polar surface area (TPSA) is 24.4 Å². The van der Waals surface area contributed by atoms with Crippen molar-refractivity contribution in [2.75, 3.05) is 12.4 Å². The quantitative estimate of drug-likeness (QED) is 0.665. The van der Waals surface area contributed by atoms with Gasteiger partial charge < -0.3 is 5.32 Å². The maximum atomic E-state index is 4.14. The summed E-state index contributed by atoms with van der Waals surface area (Å²) in [6.45, 7) is 0.771. The Morgan fingerprint density at radius 3 is 2.58 bits per heavy atom. The van der Waals surface area contributed by atoms with E-state index >= 15 is 0 Å². The van der Waals surface area contributed by atoms with E-state index < -0.39 is 0 Å². The van der Waals surface area contributed by atoms with Gasteiger partial charge in [0.2, 0.25) is 0 Å². The molecule has 0 unspecified atom stereocenters. The second-order valence-corrected chi connectivity index (χ2v) is 2.94. The van der Waals surface area contributed by atoms with Gasteiger partial charge in [-0.05, 0) is 40.3 Å². The molecule has 0 aromatic heterocycles. The third kappa shape index (κ3) is 2.81. The zero-order chi connectivity index (χ0) is 8.81. The van der Waals surface area contributed by atoms with Gasteiger partial charge in [0.1, 0.15) is 0 Å². The Morgan fingerprint density at radius 2 is 2.08 bits per heavy atom. The van der Waals surface area contributed by atoms with Crippen molar-refractivity contribution >= 4 is 32.5 Å². The number of anilines is 1. The Bertz CT molecular complexity index is 254. The van der Waals surface area contributed by atoms with Gasteiger partial charge in [-0.1, -0.05) is 12.1 Å². The van der Waals surface area contributed by atoms with Crippen molar-refractivity contribution in [3.63, 3.8) is 0 Å². The normalized spacial score (nSPS) is 10.5. The Balaban J connectivity index is 2.64.